The highest BCUT2D eigenvalue weighted by Gasteiger charge is 2.17. The molecule has 2 aromatic carbocycles. The van der Waals surface area contributed by atoms with E-state index in [2.05, 4.69) is 46.3 Å². The lowest BCUT2D eigenvalue weighted by atomic mass is 10.1. The van der Waals surface area contributed by atoms with Crippen LogP contribution in [0.3, 0.4) is 0 Å². The Hall–Kier alpha value is -2.53. The van der Waals surface area contributed by atoms with Crippen molar-refractivity contribution in [3.05, 3.63) is 59.7 Å². The SMILES string of the molecule is Cc1cccc(N2CCN(CCC(=O)NCCc3ccc(N)cc3)CC2)c1. The molecule has 27 heavy (non-hydrogen) atoms. The topological polar surface area (TPSA) is 61.6 Å². The molecule has 3 N–H and O–H groups in total. The number of carbonyl (C=O) groups is 1. The molecule has 1 saturated heterocycles. The van der Waals surface area contributed by atoms with E-state index in [9.17, 15) is 4.79 Å². The summed E-state index contributed by atoms with van der Waals surface area (Å²) in [5.41, 5.74) is 10.2. The normalized spacial score (nSPS) is 14.9. The first-order valence-electron chi connectivity index (χ1n) is 9.75. The number of nitrogens with two attached hydrogens (primary N) is 1. The Bertz CT molecular complexity index is 736. The molecule has 1 amide bonds. The molecule has 0 unspecified atom stereocenters. The molecule has 0 bridgehead atoms. The van der Waals surface area contributed by atoms with Gasteiger partial charge in [-0.15, -0.1) is 0 Å². The minimum Gasteiger partial charge on any atom is -0.399 e. The summed E-state index contributed by atoms with van der Waals surface area (Å²) in [5.74, 6) is 0.131. The van der Waals surface area contributed by atoms with E-state index in [1.807, 2.05) is 24.3 Å². The van der Waals surface area contributed by atoms with Gasteiger partial charge in [0.25, 0.3) is 0 Å². The monoisotopic (exact) mass is 366 g/mol. The maximum absolute atomic E-state index is 12.1. The van der Waals surface area contributed by atoms with Crippen LogP contribution in [0, 0.1) is 6.92 Å². The van der Waals surface area contributed by atoms with Gasteiger partial charge in [0.2, 0.25) is 5.91 Å². The zero-order valence-corrected chi connectivity index (χ0v) is 16.2. The van der Waals surface area contributed by atoms with Crippen LogP contribution in [-0.2, 0) is 11.2 Å². The van der Waals surface area contributed by atoms with Gasteiger partial charge in [0.15, 0.2) is 0 Å². The Morgan fingerprint density at radius 1 is 1.07 bits per heavy atom. The lowest BCUT2D eigenvalue weighted by Gasteiger charge is -2.36. The average molecular weight is 367 g/mol. The van der Waals surface area contributed by atoms with Crippen LogP contribution in [0.2, 0.25) is 0 Å². The zero-order valence-electron chi connectivity index (χ0n) is 16.2. The lowest BCUT2D eigenvalue weighted by molar-refractivity contribution is -0.121. The largest absolute Gasteiger partial charge is 0.399 e. The molecule has 3 rings (SSSR count). The van der Waals surface area contributed by atoms with Gasteiger partial charge in [0.05, 0.1) is 0 Å². The van der Waals surface area contributed by atoms with Crippen molar-refractivity contribution in [3.63, 3.8) is 0 Å². The summed E-state index contributed by atoms with van der Waals surface area (Å²) in [6.07, 6.45) is 1.40. The third-order valence-electron chi connectivity index (χ3n) is 5.11. The summed E-state index contributed by atoms with van der Waals surface area (Å²) in [6.45, 7) is 7.68. The highest BCUT2D eigenvalue weighted by molar-refractivity contribution is 5.76. The quantitative estimate of drug-likeness (QED) is 0.739. The fourth-order valence-electron chi connectivity index (χ4n) is 3.43. The van der Waals surface area contributed by atoms with Gasteiger partial charge in [-0.2, -0.15) is 0 Å². The number of carbonyl (C=O) groups excluding carboxylic acids is 1. The summed E-state index contributed by atoms with van der Waals surface area (Å²) < 4.78 is 0. The number of aryl methyl sites for hydroxylation is 1. The molecule has 0 atom stereocenters. The van der Waals surface area contributed by atoms with Crippen molar-refractivity contribution < 1.29 is 4.79 Å². The maximum atomic E-state index is 12.1. The number of hydrogen-bond donors (Lipinski definition) is 2. The molecule has 1 aliphatic heterocycles. The highest BCUT2D eigenvalue weighted by atomic mass is 16.1. The van der Waals surface area contributed by atoms with Gasteiger partial charge in [-0.25, -0.2) is 0 Å². The fourth-order valence-corrected chi connectivity index (χ4v) is 3.43. The third kappa shape index (κ3) is 6.00. The van der Waals surface area contributed by atoms with E-state index in [1.54, 1.807) is 0 Å². The van der Waals surface area contributed by atoms with Crippen LogP contribution in [0.4, 0.5) is 11.4 Å². The first-order valence-corrected chi connectivity index (χ1v) is 9.75. The van der Waals surface area contributed by atoms with Crippen molar-refractivity contribution >= 4 is 17.3 Å². The van der Waals surface area contributed by atoms with Crippen molar-refractivity contribution in [2.75, 3.05) is 49.9 Å². The Balaban J connectivity index is 1.32. The molecule has 0 aromatic heterocycles. The number of piperazine rings is 1. The zero-order chi connectivity index (χ0) is 19.1. The van der Waals surface area contributed by atoms with E-state index in [-0.39, 0.29) is 5.91 Å². The molecule has 5 heteroatoms. The summed E-state index contributed by atoms with van der Waals surface area (Å²) in [6, 6.07) is 16.5. The van der Waals surface area contributed by atoms with E-state index < -0.39 is 0 Å². The Labute approximate surface area is 162 Å². The van der Waals surface area contributed by atoms with Crippen LogP contribution in [-0.4, -0.2) is 50.1 Å². The van der Waals surface area contributed by atoms with Gasteiger partial charge in [-0.3, -0.25) is 9.69 Å². The second-order valence-electron chi connectivity index (χ2n) is 7.26. The van der Waals surface area contributed by atoms with E-state index in [1.165, 1.54) is 16.8 Å². The summed E-state index contributed by atoms with van der Waals surface area (Å²) in [5, 5.41) is 3.02. The molecule has 0 aliphatic carbocycles. The molecular formula is C22H30N4O. The molecule has 1 heterocycles. The molecular weight excluding hydrogens is 336 g/mol. The molecule has 0 saturated carbocycles. The number of rotatable bonds is 7. The molecule has 1 aliphatic rings. The van der Waals surface area contributed by atoms with Crippen molar-refractivity contribution in [2.24, 2.45) is 0 Å². The average Bonchev–Trinajstić information content (AvgIpc) is 2.68. The number of nitrogen functional groups attached to an aromatic ring is 1. The van der Waals surface area contributed by atoms with Crippen LogP contribution in [0.15, 0.2) is 48.5 Å². The van der Waals surface area contributed by atoms with Crippen LogP contribution in [0.5, 0.6) is 0 Å². The number of nitrogens with one attached hydrogen (secondary N) is 1. The summed E-state index contributed by atoms with van der Waals surface area (Å²) in [4.78, 5) is 16.9. The highest BCUT2D eigenvalue weighted by Crippen LogP contribution is 2.17. The number of nitrogens with zero attached hydrogens (tertiary/aromatic N) is 2. The standard InChI is InChI=1S/C22H30N4O/c1-18-3-2-4-21(17-18)26-15-13-25(14-16-26)12-10-22(27)24-11-9-19-5-7-20(23)8-6-19/h2-8,17H,9-16,23H2,1H3,(H,24,27). The predicted octanol–water partition coefficient (Wildman–Crippen LogP) is 2.45. The number of anilines is 2. The number of hydrogen-bond acceptors (Lipinski definition) is 4. The van der Waals surface area contributed by atoms with Crippen LogP contribution in [0.25, 0.3) is 0 Å². The van der Waals surface area contributed by atoms with E-state index in [0.29, 0.717) is 13.0 Å². The molecule has 0 radical (unpaired) electrons. The Morgan fingerprint density at radius 3 is 2.52 bits per heavy atom. The van der Waals surface area contributed by atoms with Gasteiger partial charge < -0.3 is 16.0 Å². The van der Waals surface area contributed by atoms with Gasteiger partial charge in [0.1, 0.15) is 0 Å². The second kappa shape index (κ2) is 9.42. The predicted molar refractivity (Wildman–Crippen MR) is 112 cm³/mol. The first kappa shape index (κ1) is 19.2. The summed E-state index contributed by atoms with van der Waals surface area (Å²) >= 11 is 0. The van der Waals surface area contributed by atoms with Crippen molar-refractivity contribution in [1.29, 1.82) is 0 Å². The molecule has 0 spiro atoms. The molecule has 5 nitrogen and oxygen atoms in total. The van der Waals surface area contributed by atoms with Gasteiger partial charge in [-0.05, 0) is 48.7 Å². The lowest BCUT2D eigenvalue weighted by Crippen LogP contribution is -2.47. The van der Waals surface area contributed by atoms with E-state index in [0.717, 1.165) is 44.8 Å². The maximum Gasteiger partial charge on any atom is 0.221 e. The smallest absolute Gasteiger partial charge is 0.221 e. The molecule has 2 aromatic rings. The number of benzene rings is 2. The van der Waals surface area contributed by atoms with Crippen LogP contribution in [0.1, 0.15) is 17.5 Å². The van der Waals surface area contributed by atoms with Crippen LogP contribution < -0.4 is 16.0 Å². The molecule has 144 valence electrons. The van der Waals surface area contributed by atoms with E-state index >= 15 is 0 Å². The van der Waals surface area contributed by atoms with Crippen molar-refractivity contribution in [3.8, 4) is 0 Å². The number of amides is 1. The van der Waals surface area contributed by atoms with Crippen molar-refractivity contribution in [1.82, 2.24) is 10.2 Å². The Morgan fingerprint density at radius 2 is 1.81 bits per heavy atom. The fraction of sp³-hybridized carbons (Fsp3) is 0.409. The summed E-state index contributed by atoms with van der Waals surface area (Å²) in [7, 11) is 0. The van der Waals surface area contributed by atoms with Gasteiger partial charge >= 0.3 is 0 Å². The Kier molecular flexibility index (Phi) is 6.71. The minimum absolute atomic E-state index is 0.131. The first-order chi connectivity index (χ1) is 13.1. The molecule has 1 fully saturated rings. The minimum atomic E-state index is 0.131. The van der Waals surface area contributed by atoms with E-state index in [4.69, 9.17) is 5.73 Å². The van der Waals surface area contributed by atoms with Crippen LogP contribution >= 0.6 is 0 Å². The second-order valence-corrected chi connectivity index (χ2v) is 7.26. The van der Waals surface area contributed by atoms with Crippen molar-refractivity contribution in [2.45, 2.75) is 19.8 Å². The van der Waals surface area contributed by atoms with Gasteiger partial charge in [-0.1, -0.05) is 24.3 Å². The third-order valence-corrected chi connectivity index (χ3v) is 5.11. The van der Waals surface area contributed by atoms with Gasteiger partial charge in [0, 0.05) is 57.1 Å².